The molecule has 1 fully saturated rings. The van der Waals surface area contributed by atoms with Crippen molar-refractivity contribution < 1.29 is 39.2 Å². The van der Waals surface area contributed by atoms with Gasteiger partial charge in [-0.2, -0.15) is 0 Å². The number of aliphatic hydroxyl groups is 3. The standard InChI is InChI=1S/C45H80O8/c1-4-5-22-28-38(46)32-33-41-40(42(48)34-43(41)49)29-24-20-21-26-31-45(51)53-36-39(47)35-52-44(50)30-25-19-17-15-13-11-9-7-6-8-10-12-14-16-18-23-27-37(2)3/h20,24,32-33,37-42,46-48H,4-19,21-23,25-31,34-36H2,1-3H3/b24-20-,33-32+/t38-,39+,40+,41+,42-/m0/s1. The summed E-state index contributed by atoms with van der Waals surface area (Å²) in [5.41, 5.74) is 0. The average Bonchev–Trinajstić information content (AvgIpc) is 3.40. The van der Waals surface area contributed by atoms with Crippen molar-refractivity contribution in [1.82, 2.24) is 0 Å². The maximum absolute atomic E-state index is 12.4. The monoisotopic (exact) mass is 749 g/mol. The van der Waals surface area contributed by atoms with Crippen LogP contribution in [-0.2, 0) is 23.9 Å². The van der Waals surface area contributed by atoms with Gasteiger partial charge in [0.15, 0.2) is 0 Å². The fraction of sp³-hybridized carbons (Fsp3) is 0.844. The Morgan fingerprint density at radius 1 is 0.698 bits per heavy atom. The molecule has 0 bridgehead atoms. The van der Waals surface area contributed by atoms with Crippen LogP contribution in [0.3, 0.4) is 0 Å². The zero-order valence-electron chi connectivity index (χ0n) is 34.2. The van der Waals surface area contributed by atoms with E-state index >= 15 is 0 Å². The van der Waals surface area contributed by atoms with E-state index in [1.165, 1.54) is 89.9 Å². The topological polar surface area (TPSA) is 130 Å². The third-order valence-corrected chi connectivity index (χ3v) is 10.5. The van der Waals surface area contributed by atoms with E-state index in [1.807, 2.05) is 12.2 Å². The van der Waals surface area contributed by atoms with E-state index in [4.69, 9.17) is 9.47 Å². The van der Waals surface area contributed by atoms with Gasteiger partial charge in [0.1, 0.15) is 25.1 Å². The molecule has 0 aromatic rings. The molecule has 0 spiro atoms. The molecule has 3 N–H and O–H groups in total. The maximum atomic E-state index is 12.4. The molecule has 5 atom stereocenters. The van der Waals surface area contributed by atoms with Gasteiger partial charge in [0, 0.05) is 31.1 Å². The lowest BCUT2D eigenvalue weighted by molar-refractivity contribution is -0.152. The van der Waals surface area contributed by atoms with E-state index in [1.54, 1.807) is 12.2 Å². The summed E-state index contributed by atoms with van der Waals surface area (Å²) in [4.78, 5) is 36.5. The van der Waals surface area contributed by atoms with Gasteiger partial charge >= 0.3 is 11.9 Å². The molecule has 0 amide bonds. The molecule has 1 rings (SSSR count). The quantitative estimate of drug-likeness (QED) is 0.0332. The van der Waals surface area contributed by atoms with Crippen LogP contribution in [0.15, 0.2) is 24.3 Å². The Balaban J connectivity index is 1.98. The van der Waals surface area contributed by atoms with Crippen molar-refractivity contribution in [3.8, 4) is 0 Å². The number of allylic oxidation sites excluding steroid dienone is 3. The van der Waals surface area contributed by atoms with Gasteiger partial charge in [0.2, 0.25) is 0 Å². The van der Waals surface area contributed by atoms with Crippen molar-refractivity contribution in [1.29, 1.82) is 0 Å². The second-order valence-corrected chi connectivity index (χ2v) is 16.1. The number of aliphatic hydroxyl groups excluding tert-OH is 3. The first-order valence-electron chi connectivity index (χ1n) is 21.8. The highest BCUT2D eigenvalue weighted by molar-refractivity contribution is 5.86. The Kier molecular flexibility index (Phi) is 30.8. The number of hydrogen-bond donors (Lipinski definition) is 3. The molecule has 0 aromatic heterocycles. The normalized spacial score (nSPS) is 18.8. The molecular weight excluding hydrogens is 668 g/mol. The summed E-state index contributed by atoms with van der Waals surface area (Å²) >= 11 is 0. The highest BCUT2D eigenvalue weighted by Gasteiger charge is 2.39. The number of unbranched alkanes of at least 4 members (excludes halogenated alkanes) is 18. The second-order valence-electron chi connectivity index (χ2n) is 16.1. The molecule has 0 unspecified atom stereocenters. The lowest BCUT2D eigenvalue weighted by Gasteiger charge is -2.17. The Hall–Kier alpha value is -2.03. The highest BCUT2D eigenvalue weighted by atomic mass is 16.6. The summed E-state index contributed by atoms with van der Waals surface area (Å²) < 4.78 is 10.3. The van der Waals surface area contributed by atoms with E-state index in [0.717, 1.165) is 44.4 Å². The lowest BCUT2D eigenvalue weighted by Crippen LogP contribution is -2.25. The molecule has 0 heterocycles. The number of rotatable bonds is 35. The molecule has 308 valence electrons. The summed E-state index contributed by atoms with van der Waals surface area (Å²) in [6, 6.07) is 0. The summed E-state index contributed by atoms with van der Waals surface area (Å²) in [6.07, 6.45) is 33.2. The maximum Gasteiger partial charge on any atom is 0.305 e. The van der Waals surface area contributed by atoms with Gasteiger partial charge in [-0.3, -0.25) is 14.4 Å². The van der Waals surface area contributed by atoms with Crippen molar-refractivity contribution in [3.05, 3.63) is 24.3 Å². The van der Waals surface area contributed by atoms with Gasteiger partial charge in [-0.15, -0.1) is 0 Å². The van der Waals surface area contributed by atoms with Crippen LogP contribution in [0.1, 0.15) is 194 Å². The SMILES string of the molecule is CCCCC[C@H](O)/C=C/[C@H]1C(=O)C[C@H](O)[C@@H]1C/C=C\CCCC(=O)OC[C@H](O)COC(=O)CCCCCCCCCCCCCCCCCCC(C)C. The molecule has 1 aliphatic rings. The highest BCUT2D eigenvalue weighted by Crippen LogP contribution is 2.33. The molecule has 0 aliphatic heterocycles. The van der Waals surface area contributed by atoms with Crippen molar-refractivity contribution in [2.45, 2.75) is 212 Å². The Bertz CT molecular complexity index is 976. The fourth-order valence-corrected chi connectivity index (χ4v) is 7.08. The predicted molar refractivity (Wildman–Crippen MR) is 215 cm³/mol. The summed E-state index contributed by atoms with van der Waals surface area (Å²) in [7, 11) is 0. The number of carbonyl (C=O) groups is 3. The minimum absolute atomic E-state index is 0.00298. The van der Waals surface area contributed by atoms with Crippen LogP contribution < -0.4 is 0 Å². The molecular formula is C45H80O8. The smallest absolute Gasteiger partial charge is 0.305 e. The van der Waals surface area contributed by atoms with Crippen LogP contribution in [-0.4, -0.2) is 64.6 Å². The number of ether oxygens (including phenoxy) is 2. The van der Waals surface area contributed by atoms with Gasteiger partial charge in [0.05, 0.1) is 12.2 Å². The average molecular weight is 749 g/mol. The van der Waals surface area contributed by atoms with Crippen LogP contribution in [0.4, 0.5) is 0 Å². The molecule has 53 heavy (non-hydrogen) atoms. The predicted octanol–water partition coefficient (Wildman–Crippen LogP) is 10.3. The fourth-order valence-electron chi connectivity index (χ4n) is 7.08. The number of esters is 2. The largest absolute Gasteiger partial charge is 0.463 e. The van der Waals surface area contributed by atoms with Crippen LogP contribution in [0.25, 0.3) is 0 Å². The lowest BCUT2D eigenvalue weighted by atomic mass is 9.90. The van der Waals surface area contributed by atoms with Crippen molar-refractivity contribution in [2.75, 3.05) is 13.2 Å². The summed E-state index contributed by atoms with van der Waals surface area (Å²) in [6.45, 7) is 6.34. The van der Waals surface area contributed by atoms with E-state index in [9.17, 15) is 29.7 Å². The van der Waals surface area contributed by atoms with Gasteiger partial charge in [-0.05, 0) is 38.0 Å². The minimum Gasteiger partial charge on any atom is -0.463 e. The molecule has 8 heteroatoms. The Labute approximate surface area is 324 Å². The van der Waals surface area contributed by atoms with E-state index in [0.29, 0.717) is 32.1 Å². The number of hydrogen-bond acceptors (Lipinski definition) is 8. The summed E-state index contributed by atoms with van der Waals surface area (Å²) in [5, 5.41) is 30.6. The number of Topliss-reactive ketones (excluding diaryl/α,β-unsaturated/α-hetero) is 1. The van der Waals surface area contributed by atoms with Gasteiger partial charge < -0.3 is 24.8 Å². The zero-order chi connectivity index (χ0) is 38.9. The zero-order valence-corrected chi connectivity index (χ0v) is 34.2. The molecule has 1 aliphatic carbocycles. The first-order chi connectivity index (χ1) is 25.6. The number of ketones is 1. The Morgan fingerprint density at radius 2 is 1.19 bits per heavy atom. The minimum atomic E-state index is -1.05. The first kappa shape index (κ1) is 49.0. The molecule has 8 nitrogen and oxygen atoms in total. The van der Waals surface area contributed by atoms with Crippen LogP contribution in [0.2, 0.25) is 0 Å². The third-order valence-electron chi connectivity index (χ3n) is 10.5. The molecule has 0 saturated heterocycles. The first-order valence-corrected chi connectivity index (χ1v) is 21.8. The molecule has 1 saturated carbocycles. The van der Waals surface area contributed by atoms with Crippen LogP contribution in [0.5, 0.6) is 0 Å². The van der Waals surface area contributed by atoms with E-state index in [2.05, 4.69) is 20.8 Å². The summed E-state index contributed by atoms with van der Waals surface area (Å²) in [5.74, 6) is -0.509. The molecule has 0 radical (unpaired) electrons. The van der Waals surface area contributed by atoms with E-state index in [-0.39, 0.29) is 43.7 Å². The second kappa shape index (κ2) is 33.3. The van der Waals surface area contributed by atoms with Gasteiger partial charge in [-0.1, -0.05) is 167 Å². The Morgan fingerprint density at radius 3 is 1.72 bits per heavy atom. The third kappa shape index (κ3) is 28.1. The van der Waals surface area contributed by atoms with Gasteiger partial charge in [-0.25, -0.2) is 0 Å². The number of carbonyl (C=O) groups excluding carboxylic acids is 3. The van der Waals surface area contributed by atoms with Crippen LogP contribution in [0, 0.1) is 17.8 Å². The van der Waals surface area contributed by atoms with E-state index < -0.39 is 30.2 Å². The molecule has 0 aromatic carbocycles. The van der Waals surface area contributed by atoms with Crippen molar-refractivity contribution in [2.24, 2.45) is 17.8 Å². The van der Waals surface area contributed by atoms with Crippen LogP contribution >= 0.6 is 0 Å². The van der Waals surface area contributed by atoms with Gasteiger partial charge in [0.25, 0.3) is 0 Å². The van der Waals surface area contributed by atoms with Crippen molar-refractivity contribution in [3.63, 3.8) is 0 Å². The van der Waals surface area contributed by atoms with Crippen molar-refractivity contribution >= 4 is 17.7 Å².